The van der Waals surface area contributed by atoms with E-state index in [1.54, 1.807) is 6.92 Å². The first-order valence-electron chi connectivity index (χ1n) is 10.2. The zero-order valence-corrected chi connectivity index (χ0v) is 18.9. The Morgan fingerprint density at radius 3 is 2.67 bits per heavy atom. The van der Waals surface area contributed by atoms with Crippen LogP contribution in [0.5, 0.6) is 0 Å². The third kappa shape index (κ3) is 3.74. The maximum absolute atomic E-state index is 13.3. The molecule has 0 bridgehead atoms. The highest BCUT2D eigenvalue weighted by molar-refractivity contribution is 8.02. The summed E-state index contributed by atoms with van der Waals surface area (Å²) in [7, 11) is 0. The minimum atomic E-state index is -1.33. The Hall–Kier alpha value is -2.32. The van der Waals surface area contributed by atoms with Gasteiger partial charge in [-0.2, -0.15) is 0 Å². The van der Waals surface area contributed by atoms with Crippen molar-refractivity contribution in [1.82, 2.24) is 5.32 Å². The average Bonchev–Trinajstić information content (AvgIpc) is 3.06. The fourth-order valence-electron chi connectivity index (χ4n) is 3.77. The van der Waals surface area contributed by atoms with Gasteiger partial charge in [-0.1, -0.05) is 23.9 Å². The lowest BCUT2D eigenvalue weighted by Gasteiger charge is -2.31. The van der Waals surface area contributed by atoms with Crippen LogP contribution in [0.3, 0.4) is 0 Å². The third-order valence-electron chi connectivity index (χ3n) is 5.36. The zero-order valence-electron chi connectivity index (χ0n) is 17.3. The smallest absolute Gasteiger partial charge is 0.254 e. The Labute approximate surface area is 184 Å². The van der Waals surface area contributed by atoms with Gasteiger partial charge in [-0.05, 0) is 64.2 Å². The largest absolute Gasteiger partial charge is 0.350 e. The molecule has 2 heterocycles. The zero-order chi connectivity index (χ0) is 21.5. The van der Waals surface area contributed by atoms with Crippen molar-refractivity contribution < 1.29 is 14.4 Å². The summed E-state index contributed by atoms with van der Waals surface area (Å²) < 4.78 is -1.33. The fourth-order valence-corrected chi connectivity index (χ4v) is 6.15. The van der Waals surface area contributed by atoms with Crippen LogP contribution in [-0.4, -0.2) is 28.5 Å². The number of rotatable bonds is 4. The molecule has 0 radical (unpaired) electrons. The van der Waals surface area contributed by atoms with E-state index in [2.05, 4.69) is 16.0 Å². The predicted molar refractivity (Wildman–Crippen MR) is 122 cm³/mol. The second kappa shape index (κ2) is 8.07. The molecule has 0 saturated heterocycles. The van der Waals surface area contributed by atoms with Crippen LogP contribution in [0.25, 0.3) is 0 Å². The lowest BCUT2D eigenvalue weighted by molar-refractivity contribution is -0.126. The monoisotopic (exact) mass is 443 g/mol. The van der Waals surface area contributed by atoms with E-state index in [0.29, 0.717) is 16.3 Å². The van der Waals surface area contributed by atoms with E-state index < -0.39 is 10.7 Å². The van der Waals surface area contributed by atoms with Gasteiger partial charge in [-0.15, -0.1) is 11.3 Å². The molecule has 3 N–H and O–H groups in total. The van der Waals surface area contributed by atoms with Crippen molar-refractivity contribution in [3.05, 3.63) is 40.3 Å². The molecule has 0 fully saturated rings. The van der Waals surface area contributed by atoms with Gasteiger partial charge in [0.05, 0.1) is 11.3 Å². The molecule has 2 aromatic rings. The SMILES string of the molecule is CC(C)NC(=O)c1c(NC(=O)C2(C)Sc3ccccc3NC2=O)sc2c1CCCC2. The standard InChI is InChI=1S/C22H25N3O3S2/c1-12(2)23-18(26)17-13-8-4-6-10-15(13)29-19(17)25-21(28)22(3)20(27)24-14-9-5-7-11-16(14)30-22/h5,7,9,11-12H,4,6,8,10H2,1-3H3,(H,23,26)(H,24,27)(H,25,28). The van der Waals surface area contributed by atoms with Crippen molar-refractivity contribution in [2.24, 2.45) is 0 Å². The molecule has 1 aliphatic heterocycles. The van der Waals surface area contributed by atoms with Crippen LogP contribution in [0.4, 0.5) is 10.7 Å². The third-order valence-corrected chi connectivity index (χ3v) is 7.92. The number of carbonyl (C=O) groups excluding carboxylic acids is 3. The van der Waals surface area contributed by atoms with Gasteiger partial charge < -0.3 is 16.0 Å². The van der Waals surface area contributed by atoms with Gasteiger partial charge >= 0.3 is 0 Å². The molecule has 3 amide bonds. The Bertz CT molecular complexity index is 1030. The lowest BCUT2D eigenvalue weighted by atomic mass is 9.95. The number of hydrogen-bond donors (Lipinski definition) is 3. The molecular weight excluding hydrogens is 418 g/mol. The Kier molecular flexibility index (Phi) is 5.63. The van der Waals surface area contributed by atoms with Crippen molar-refractivity contribution >= 4 is 51.5 Å². The normalized spacial score (nSPS) is 20.2. The molecule has 1 aliphatic carbocycles. The highest BCUT2D eigenvalue weighted by Gasteiger charge is 2.46. The summed E-state index contributed by atoms with van der Waals surface area (Å²) in [6.07, 6.45) is 3.87. The average molecular weight is 444 g/mol. The van der Waals surface area contributed by atoms with Gasteiger partial charge in [-0.25, -0.2) is 0 Å². The number of benzene rings is 1. The predicted octanol–water partition coefficient (Wildman–Crippen LogP) is 4.21. The second-order valence-electron chi connectivity index (χ2n) is 8.08. The Balaban J connectivity index is 1.65. The first kappa shape index (κ1) is 20.9. The van der Waals surface area contributed by atoms with E-state index >= 15 is 0 Å². The quantitative estimate of drug-likeness (QED) is 0.618. The lowest BCUT2D eigenvalue weighted by Crippen LogP contribution is -2.49. The number of hydrogen-bond acceptors (Lipinski definition) is 5. The van der Waals surface area contributed by atoms with Gasteiger partial charge in [0.15, 0.2) is 4.75 Å². The molecular formula is C22H25N3O3S2. The first-order valence-corrected chi connectivity index (χ1v) is 11.8. The summed E-state index contributed by atoms with van der Waals surface area (Å²) in [5, 5.41) is 9.26. The number of fused-ring (bicyclic) bond motifs is 2. The van der Waals surface area contributed by atoms with Crippen molar-refractivity contribution in [3.63, 3.8) is 0 Å². The van der Waals surface area contributed by atoms with Crippen LogP contribution in [0.15, 0.2) is 29.2 Å². The molecule has 8 heteroatoms. The van der Waals surface area contributed by atoms with E-state index in [0.717, 1.165) is 41.0 Å². The van der Waals surface area contributed by atoms with Crippen molar-refractivity contribution in [3.8, 4) is 0 Å². The number of anilines is 2. The minimum absolute atomic E-state index is 0.00566. The van der Waals surface area contributed by atoms with E-state index in [1.807, 2.05) is 38.1 Å². The highest BCUT2D eigenvalue weighted by Crippen LogP contribution is 2.44. The van der Waals surface area contributed by atoms with E-state index in [-0.39, 0.29) is 17.9 Å². The molecule has 30 heavy (non-hydrogen) atoms. The Morgan fingerprint density at radius 2 is 1.90 bits per heavy atom. The summed E-state index contributed by atoms with van der Waals surface area (Å²) in [4.78, 5) is 41.0. The summed E-state index contributed by atoms with van der Waals surface area (Å²) >= 11 is 2.70. The molecule has 4 rings (SSSR count). The van der Waals surface area contributed by atoms with E-state index in [9.17, 15) is 14.4 Å². The summed E-state index contributed by atoms with van der Waals surface area (Å²) in [6, 6.07) is 7.42. The number of amides is 3. The molecule has 1 atom stereocenters. The van der Waals surface area contributed by atoms with Crippen LogP contribution < -0.4 is 16.0 Å². The number of thioether (sulfide) groups is 1. The molecule has 1 unspecified atom stereocenters. The first-order chi connectivity index (χ1) is 14.3. The van der Waals surface area contributed by atoms with Crippen LogP contribution in [0.2, 0.25) is 0 Å². The van der Waals surface area contributed by atoms with Crippen LogP contribution in [-0.2, 0) is 22.4 Å². The topological polar surface area (TPSA) is 87.3 Å². The van der Waals surface area contributed by atoms with Crippen LogP contribution in [0, 0.1) is 0 Å². The summed E-state index contributed by atoms with van der Waals surface area (Å²) in [6.45, 7) is 5.45. The van der Waals surface area contributed by atoms with Crippen molar-refractivity contribution in [2.75, 3.05) is 10.6 Å². The van der Waals surface area contributed by atoms with Gasteiger partial charge in [0, 0.05) is 15.8 Å². The molecule has 1 aromatic carbocycles. The van der Waals surface area contributed by atoms with Gasteiger partial charge in [0.2, 0.25) is 5.91 Å². The van der Waals surface area contributed by atoms with Crippen LogP contribution in [0.1, 0.15) is 54.4 Å². The molecule has 6 nitrogen and oxygen atoms in total. The number of para-hydroxylation sites is 1. The molecule has 0 spiro atoms. The maximum Gasteiger partial charge on any atom is 0.254 e. The number of nitrogens with one attached hydrogen (secondary N) is 3. The molecule has 158 valence electrons. The maximum atomic E-state index is 13.3. The summed E-state index contributed by atoms with van der Waals surface area (Å²) in [5.41, 5.74) is 2.30. The van der Waals surface area contributed by atoms with Crippen molar-refractivity contribution in [2.45, 2.75) is 62.1 Å². The van der Waals surface area contributed by atoms with Crippen LogP contribution >= 0.6 is 23.1 Å². The van der Waals surface area contributed by atoms with E-state index in [1.165, 1.54) is 23.1 Å². The Morgan fingerprint density at radius 1 is 1.17 bits per heavy atom. The highest BCUT2D eigenvalue weighted by atomic mass is 32.2. The number of carbonyl (C=O) groups is 3. The van der Waals surface area contributed by atoms with Gasteiger partial charge in [-0.3, -0.25) is 14.4 Å². The molecule has 0 saturated carbocycles. The fraction of sp³-hybridized carbons (Fsp3) is 0.409. The molecule has 1 aromatic heterocycles. The van der Waals surface area contributed by atoms with Gasteiger partial charge in [0.25, 0.3) is 11.8 Å². The van der Waals surface area contributed by atoms with E-state index in [4.69, 9.17) is 0 Å². The minimum Gasteiger partial charge on any atom is -0.350 e. The van der Waals surface area contributed by atoms with Gasteiger partial charge in [0.1, 0.15) is 5.00 Å². The summed E-state index contributed by atoms with van der Waals surface area (Å²) in [5.74, 6) is -0.953. The number of aryl methyl sites for hydroxylation is 1. The van der Waals surface area contributed by atoms with Crippen molar-refractivity contribution in [1.29, 1.82) is 0 Å². The number of thiophene rings is 1. The molecule has 2 aliphatic rings. The second-order valence-corrected chi connectivity index (χ2v) is 10.6.